The molecule has 96 valence electrons. The van der Waals surface area contributed by atoms with Crippen molar-refractivity contribution in [3.8, 4) is 0 Å². The third-order valence-electron chi connectivity index (χ3n) is 1.96. The number of carbonyl (C=O) groups excluding carboxylic acids is 1. The molecule has 6 nitrogen and oxygen atoms in total. The summed E-state index contributed by atoms with van der Waals surface area (Å²) in [7, 11) is -1.49. The Morgan fingerprint density at radius 2 is 2.28 bits per heavy atom. The van der Waals surface area contributed by atoms with Gasteiger partial charge in [0.25, 0.3) is 0 Å². The van der Waals surface area contributed by atoms with Crippen LogP contribution in [0.3, 0.4) is 0 Å². The first-order chi connectivity index (χ1) is 8.49. The van der Waals surface area contributed by atoms with Crippen LogP contribution in [0.4, 0.5) is 0 Å². The Morgan fingerprint density at radius 1 is 1.56 bits per heavy atom. The van der Waals surface area contributed by atoms with E-state index < -0.39 is 7.12 Å². The second-order valence-corrected chi connectivity index (χ2v) is 4.52. The molecule has 0 aliphatic carbocycles. The molecule has 1 aromatic rings. The van der Waals surface area contributed by atoms with Gasteiger partial charge in [0.1, 0.15) is 0 Å². The van der Waals surface area contributed by atoms with Crippen molar-refractivity contribution < 1.29 is 14.8 Å². The molecule has 0 bridgehead atoms. The van der Waals surface area contributed by atoms with Crippen molar-refractivity contribution in [2.24, 2.45) is 10.8 Å². The van der Waals surface area contributed by atoms with Gasteiger partial charge in [0, 0.05) is 12.7 Å². The van der Waals surface area contributed by atoms with Crippen LogP contribution in [0.2, 0.25) is 0 Å². The molecule has 0 heterocycles. The van der Waals surface area contributed by atoms with E-state index in [4.69, 9.17) is 15.8 Å². The van der Waals surface area contributed by atoms with Crippen molar-refractivity contribution in [2.45, 2.75) is 12.7 Å². The van der Waals surface area contributed by atoms with Gasteiger partial charge in [-0.2, -0.15) is 0 Å². The van der Waals surface area contributed by atoms with Gasteiger partial charge in [-0.05, 0) is 11.0 Å². The number of amidine groups is 1. The Labute approximate surface area is 109 Å². The van der Waals surface area contributed by atoms with E-state index in [9.17, 15) is 4.79 Å². The summed E-state index contributed by atoms with van der Waals surface area (Å²) in [5.41, 5.74) is 9.10. The number of benzene rings is 1. The lowest BCUT2D eigenvalue weighted by atomic mass is 9.80. The summed E-state index contributed by atoms with van der Waals surface area (Å²) in [6, 6.07) is 6.85. The van der Waals surface area contributed by atoms with Crippen LogP contribution in [0.25, 0.3) is 0 Å². The standard InChI is InChI=1S/C10H14BN3O3S/c1-7(15)13-14-10(12)18-6-8-3-2-4-9(5-8)11(16)17/h2-5,16-17H,6H2,1H3,(H2,12,14)(H,13,15). The zero-order valence-electron chi connectivity index (χ0n) is 9.83. The van der Waals surface area contributed by atoms with Gasteiger partial charge in [0.05, 0.1) is 0 Å². The molecule has 0 fully saturated rings. The number of amides is 1. The number of hydrogen-bond acceptors (Lipinski definition) is 5. The van der Waals surface area contributed by atoms with E-state index in [0.717, 1.165) is 5.56 Å². The number of nitrogens with zero attached hydrogens (tertiary/aromatic N) is 1. The lowest BCUT2D eigenvalue weighted by molar-refractivity contribution is -0.118. The molecule has 8 heteroatoms. The summed E-state index contributed by atoms with van der Waals surface area (Å²) >= 11 is 1.24. The van der Waals surface area contributed by atoms with E-state index in [-0.39, 0.29) is 11.1 Å². The number of nitrogens with one attached hydrogen (secondary N) is 1. The normalized spacial score (nSPS) is 11.2. The Morgan fingerprint density at radius 3 is 2.89 bits per heavy atom. The summed E-state index contributed by atoms with van der Waals surface area (Å²) < 4.78 is 0. The minimum Gasteiger partial charge on any atom is -0.423 e. The maximum Gasteiger partial charge on any atom is 0.488 e. The van der Waals surface area contributed by atoms with Gasteiger partial charge in [0.15, 0.2) is 5.17 Å². The summed E-state index contributed by atoms with van der Waals surface area (Å²) in [4.78, 5) is 10.6. The van der Waals surface area contributed by atoms with E-state index in [1.807, 2.05) is 6.07 Å². The van der Waals surface area contributed by atoms with Gasteiger partial charge in [0.2, 0.25) is 5.91 Å². The quantitative estimate of drug-likeness (QED) is 0.241. The highest BCUT2D eigenvalue weighted by Crippen LogP contribution is 2.10. The van der Waals surface area contributed by atoms with Crippen molar-refractivity contribution in [1.82, 2.24) is 5.43 Å². The third kappa shape index (κ3) is 5.22. The largest absolute Gasteiger partial charge is 0.488 e. The Balaban J connectivity index is 2.55. The minimum absolute atomic E-state index is 0.236. The molecule has 5 N–H and O–H groups in total. The smallest absolute Gasteiger partial charge is 0.423 e. The molecule has 0 spiro atoms. The third-order valence-corrected chi connectivity index (χ3v) is 2.82. The Kier molecular flexibility index (Phi) is 5.70. The fraction of sp³-hybridized carbons (Fsp3) is 0.200. The molecule has 1 rings (SSSR count). The minimum atomic E-state index is -1.49. The van der Waals surface area contributed by atoms with Crippen LogP contribution in [-0.2, 0) is 10.5 Å². The van der Waals surface area contributed by atoms with Crippen LogP contribution >= 0.6 is 11.8 Å². The van der Waals surface area contributed by atoms with Crippen LogP contribution in [0.5, 0.6) is 0 Å². The van der Waals surface area contributed by atoms with Crippen molar-refractivity contribution in [2.75, 3.05) is 0 Å². The molecule has 0 unspecified atom stereocenters. The molecule has 0 saturated heterocycles. The SMILES string of the molecule is CC(=O)N/N=C(\N)SCc1cccc(B(O)O)c1. The topological polar surface area (TPSA) is 108 Å². The molecule has 0 radical (unpaired) electrons. The summed E-state index contributed by atoms with van der Waals surface area (Å²) in [6.07, 6.45) is 0. The molecule has 0 aliphatic rings. The van der Waals surface area contributed by atoms with E-state index in [2.05, 4.69) is 10.5 Å². The summed E-state index contributed by atoms with van der Waals surface area (Å²) in [6.45, 7) is 1.34. The number of hydrogen-bond donors (Lipinski definition) is 4. The number of carbonyl (C=O) groups is 1. The van der Waals surface area contributed by atoms with Crippen LogP contribution in [0, 0.1) is 0 Å². The van der Waals surface area contributed by atoms with E-state index in [1.165, 1.54) is 18.7 Å². The molecule has 1 aromatic carbocycles. The van der Waals surface area contributed by atoms with Crippen molar-refractivity contribution in [3.63, 3.8) is 0 Å². The number of thioether (sulfide) groups is 1. The van der Waals surface area contributed by atoms with Crippen molar-refractivity contribution in [3.05, 3.63) is 29.8 Å². The van der Waals surface area contributed by atoms with Gasteiger partial charge < -0.3 is 15.8 Å². The molecule has 1 amide bonds. The molecule has 0 saturated carbocycles. The van der Waals surface area contributed by atoms with E-state index >= 15 is 0 Å². The lowest BCUT2D eigenvalue weighted by Crippen LogP contribution is -2.29. The van der Waals surface area contributed by atoms with Crippen LogP contribution in [0.15, 0.2) is 29.4 Å². The fourth-order valence-electron chi connectivity index (χ4n) is 1.17. The molecule has 0 aromatic heterocycles. The first-order valence-corrected chi connectivity index (χ1v) is 6.15. The predicted molar refractivity (Wildman–Crippen MR) is 73.0 cm³/mol. The molecular formula is C10H14BN3O3S. The lowest BCUT2D eigenvalue weighted by Gasteiger charge is -2.04. The number of rotatable bonds is 4. The van der Waals surface area contributed by atoms with Gasteiger partial charge in [-0.15, -0.1) is 5.10 Å². The van der Waals surface area contributed by atoms with Crippen LogP contribution in [0.1, 0.15) is 12.5 Å². The maximum absolute atomic E-state index is 10.6. The van der Waals surface area contributed by atoms with Gasteiger partial charge in [-0.3, -0.25) is 4.79 Å². The van der Waals surface area contributed by atoms with E-state index in [0.29, 0.717) is 11.2 Å². The molecule has 18 heavy (non-hydrogen) atoms. The maximum atomic E-state index is 10.6. The highest BCUT2D eigenvalue weighted by molar-refractivity contribution is 8.13. The summed E-state index contributed by atoms with van der Waals surface area (Å²) in [5, 5.41) is 21.9. The second-order valence-electron chi connectivity index (χ2n) is 3.53. The van der Waals surface area contributed by atoms with Gasteiger partial charge in [-0.25, -0.2) is 5.43 Å². The van der Waals surface area contributed by atoms with Gasteiger partial charge in [-0.1, -0.05) is 36.0 Å². The monoisotopic (exact) mass is 267 g/mol. The van der Waals surface area contributed by atoms with Crippen LogP contribution in [-0.4, -0.2) is 28.2 Å². The summed E-state index contributed by atoms with van der Waals surface area (Å²) in [5.74, 6) is 0.235. The predicted octanol–water partition coefficient (Wildman–Crippen LogP) is -1.03. The Bertz CT molecular complexity index is 454. The van der Waals surface area contributed by atoms with E-state index in [1.54, 1.807) is 18.2 Å². The zero-order valence-corrected chi connectivity index (χ0v) is 10.6. The second kappa shape index (κ2) is 7.05. The first-order valence-electron chi connectivity index (χ1n) is 5.16. The molecular weight excluding hydrogens is 253 g/mol. The molecule has 0 atom stereocenters. The molecule has 0 aliphatic heterocycles. The number of hydrazone groups is 1. The van der Waals surface area contributed by atoms with Crippen LogP contribution < -0.4 is 16.6 Å². The average molecular weight is 267 g/mol. The van der Waals surface area contributed by atoms with Gasteiger partial charge >= 0.3 is 7.12 Å². The highest BCUT2D eigenvalue weighted by atomic mass is 32.2. The first kappa shape index (κ1) is 14.6. The number of nitrogens with two attached hydrogens (primary N) is 1. The zero-order chi connectivity index (χ0) is 13.5. The fourth-order valence-corrected chi connectivity index (χ4v) is 1.77. The van der Waals surface area contributed by atoms with Crippen molar-refractivity contribution >= 4 is 35.4 Å². The highest BCUT2D eigenvalue weighted by Gasteiger charge is 2.10. The Hall–Kier alpha value is -1.51. The average Bonchev–Trinajstić information content (AvgIpc) is 2.34. The van der Waals surface area contributed by atoms with Crippen molar-refractivity contribution in [1.29, 1.82) is 0 Å².